The van der Waals surface area contributed by atoms with Gasteiger partial charge in [0.25, 0.3) is 5.89 Å². The summed E-state index contributed by atoms with van der Waals surface area (Å²) in [4.78, 5) is 7.08. The zero-order valence-corrected chi connectivity index (χ0v) is 12.4. The van der Waals surface area contributed by atoms with Crippen molar-refractivity contribution >= 4 is 5.82 Å². The predicted molar refractivity (Wildman–Crippen MR) is 77.5 cm³/mol. The molecule has 2 bridgehead atoms. The molecule has 4 heterocycles. The number of aromatic nitrogens is 4. The third-order valence-corrected chi connectivity index (χ3v) is 5.12. The number of nitrogen functional groups attached to an aromatic ring is 1. The average Bonchev–Trinajstić information content (AvgIpc) is 3.11. The van der Waals surface area contributed by atoms with E-state index in [-0.39, 0.29) is 0 Å². The number of fused-ring (bicyclic) bond motifs is 2. The lowest BCUT2D eigenvalue weighted by molar-refractivity contribution is 0.157. The van der Waals surface area contributed by atoms with Crippen molar-refractivity contribution in [2.45, 2.75) is 43.7 Å². The van der Waals surface area contributed by atoms with Gasteiger partial charge in [-0.2, -0.15) is 10.1 Å². The van der Waals surface area contributed by atoms with Gasteiger partial charge >= 0.3 is 0 Å². The molecule has 2 aliphatic rings. The second kappa shape index (κ2) is 4.56. The minimum Gasteiger partial charge on any atom is -0.383 e. The number of hydrogen-bond donors (Lipinski definition) is 1. The lowest BCUT2D eigenvalue weighted by atomic mass is 9.90. The van der Waals surface area contributed by atoms with Crippen LogP contribution in [0.4, 0.5) is 5.82 Å². The van der Waals surface area contributed by atoms with Gasteiger partial charge in [-0.05, 0) is 32.7 Å². The van der Waals surface area contributed by atoms with Crippen molar-refractivity contribution in [1.29, 1.82) is 0 Å². The van der Waals surface area contributed by atoms with Crippen LogP contribution in [0.25, 0.3) is 11.5 Å². The first kappa shape index (κ1) is 12.8. The zero-order valence-electron chi connectivity index (χ0n) is 12.4. The molecule has 2 unspecified atom stereocenters. The summed E-state index contributed by atoms with van der Waals surface area (Å²) in [5.74, 6) is 2.24. The predicted octanol–water partition coefficient (Wildman–Crippen LogP) is 1.39. The maximum absolute atomic E-state index is 5.96. The highest BCUT2D eigenvalue weighted by atomic mass is 16.5. The number of nitrogens with two attached hydrogens (primary N) is 1. The monoisotopic (exact) mass is 288 g/mol. The summed E-state index contributed by atoms with van der Waals surface area (Å²) < 4.78 is 7.01. The van der Waals surface area contributed by atoms with Crippen LogP contribution in [0.1, 0.15) is 37.4 Å². The molecule has 2 fully saturated rings. The smallest absolute Gasteiger partial charge is 0.263 e. The van der Waals surface area contributed by atoms with Crippen LogP contribution in [0, 0.1) is 0 Å². The molecule has 2 saturated heterocycles. The van der Waals surface area contributed by atoms with Crippen molar-refractivity contribution in [2.75, 3.05) is 12.8 Å². The van der Waals surface area contributed by atoms with Crippen molar-refractivity contribution in [1.82, 2.24) is 24.8 Å². The van der Waals surface area contributed by atoms with E-state index in [9.17, 15) is 0 Å². The molecule has 21 heavy (non-hydrogen) atoms. The number of piperidine rings is 1. The first-order valence-electron chi connectivity index (χ1n) is 7.47. The molecular weight excluding hydrogens is 268 g/mol. The van der Waals surface area contributed by atoms with Crippen LogP contribution < -0.4 is 5.73 Å². The molecule has 2 aromatic heterocycles. The second-order valence-corrected chi connectivity index (χ2v) is 6.24. The van der Waals surface area contributed by atoms with Crippen LogP contribution in [0.3, 0.4) is 0 Å². The molecule has 0 aliphatic carbocycles. The van der Waals surface area contributed by atoms with Gasteiger partial charge in [-0.1, -0.05) is 5.16 Å². The summed E-state index contributed by atoms with van der Waals surface area (Å²) >= 11 is 0. The Labute approximate surface area is 123 Å². The topological polar surface area (TPSA) is 86.0 Å². The highest BCUT2D eigenvalue weighted by Crippen LogP contribution is 2.41. The number of aryl methyl sites for hydroxylation is 1. The van der Waals surface area contributed by atoms with Crippen LogP contribution in [-0.4, -0.2) is 44.0 Å². The molecule has 0 amide bonds. The Morgan fingerprint density at radius 1 is 1.24 bits per heavy atom. The van der Waals surface area contributed by atoms with Gasteiger partial charge in [-0.15, -0.1) is 0 Å². The number of nitrogens with zero attached hydrogens (tertiary/aromatic N) is 5. The van der Waals surface area contributed by atoms with E-state index in [1.54, 1.807) is 17.9 Å². The third kappa shape index (κ3) is 1.95. The Hall–Kier alpha value is -1.89. The molecule has 0 spiro atoms. The lowest BCUT2D eigenvalue weighted by Crippen LogP contribution is -2.39. The summed E-state index contributed by atoms with van der Waals surface area (Å²) in [6.45, 7) is 0. The number of rotatable bonds is 2. The van der Waals surface area contributed by atoms with Gasteiger partial charge in [0.1, 0.15) is 11.4 Å². The maximum Gasteiger partial charge on any atom is 0.263 e. The average molecular weight is 288 g/mol. The standard InChI is InChI=1S/C14H20N6O/c1-19-9-3-4-10(19)6-8(5-9)13-17-14(21-18-13)11-7-16-20(2)12(11)15/h7-10H,3-6,15H2,1-2H3. The Kier molecular flexibility index (Phi) is 2.78. The molecule has 0 radical (unpaired) electrons. The summed E-state index contributed by atoms with van der Waals surface area (Å²) in [6, 6.07) is 1.33. The fourth-order valence-corrected chi connectivity index (χ4v) is 3.74. The number of anilines is 1. The molecule has 7 heteroatoms. The highest BCUT2D eigenvalue weighted by molar-refractivity contribution is 5.66. The molecule has 2 aromatic rings. The molecule has 7 nitrogen and oxygen atoms in total. The second-order valence-electron chi connectivity index (χ2n) is 6.24. The number of hydrogen-bond acceptors (Lipinski definition) is 6. The highest BCUT2D eigenvalue weighted by Gasteiger charge is 2.40. The summed E-state index contributed by atoms with van der Waals surface area (Å²) in [5, 5.41) is 8.31. The molecular formula is C14H20N6O. The van der Waals surface area contributed by atoms with Crippen molar-refractivity contribution in [3.8, 4) is 11.5 Å². The summed E-state index contributed by atoms with van der Waals surface area (Å²) in [6.07, 6.45) is 6.49. The van der Waals surface area contributed by atoms with E-state index in [2.05, 4.69) is 27.2 Å². The van der Waals surface area contributed by atoms with E-state index >= 15 is 0 Å². The molecule has 2 aliphatic heterocycles. The van der Waals surface area contributed by atoms with E-state index in [0.717, 1.165) is 18.7 Å². The van der Waals surface area contributed by atoms with E-state index in [0.29, 0.717) is 35.3 Å². The fourth-order valence-electron chi connectivity index (χ4n) is 3.74. The Morgan fingerprint density at radius 3 is 2.57 bits per heavy atom. The van der Waals surface area contributed by atoms with E-state index < -0.39 is 0 Å². The molecule has 112 valence electrons. The minimum absolute atomic E-state index is 0.397. The van der Waals surface area contributed by atoms with Crippen molar-refractivity contribution in [3.63, 3.8) is 0 Å². The fraction of sp³-hybridized carbons (Fsp3) is 0.643. The van der Waals surface area contributed by atoms with Gasteiger partial charge in [0, 0.05) is 25.0 Å². The molecule has 0 aromatic carbocycles. The van der Waals surface area contributed by atoms with Crippen LogP contribution in [0.2, 0.25) is 0 Å². The maximum atomic E-state index is 5.96. The zero-order chi connectivity index (χ0) is 14.6. The molecule has 2 atom stereocenters. The van der Waals surface area contributed by atoms with Crippen LogP contribution >= 0.6 is 0 Å². The summed E-state index contributed by atoms with van der Waals surface area (Å²) in [7, 11) is 4.03. The molecule has 0 saturated carbocycles. The Bertz CT molecular complexity index is 648. The minimum atomic E-state index is 0.397. The largest absolute Gasteiger partial charge is 0.383 e. The van der Waals surface area contributed by atoms with E-state index in [1.165, 1.54) is 12.8 Å². The van der Waals surface area contributed by atoms with Gasteiger partial charge in [0.15, 0.2) is 5.82 Å². The van der Waals surface area contributed by atoms with E-state index in [1.807, 2.05) is 0 Å². The molecule has 2 N–H and O–H groups in total. The lowest BCUT2D eigenvalue weighted by Gasteiger charge is -2.34. The Morgan fingerprint density at radius 2 is 1.95 bits per heavy atom. The van der Waals surface area contributed by atoms with E-state index in [4.69, 9.17) is 10.3 Å². The van der Waals surface area contributed by atoms with Crippen LogP contribution in [0.5, 0.6) is 0 Å². The normalized spacial score (nSPS) is 29.1. The van der Waals surface area contributed by atoms with Crippen molar-refractivity contribution in [3.05, 3.63) is 12.0 Å². The van der Waals surface area contributed by atoms with Crippen molar-refractivity contribution < 1.29 is 4.52 Å². The first-order chi connectivity index (χ1) is 10.1. The van der Waals surface area contributed by atoms with Gasteiger partial charge in [0.05, 0.1) is 6.20 Å². The van der Waals surface area contributed by atoms with Gasteiger partial charge in [0.2, 0.25) is 0 Å². The third-order valence-electron chi connectivity index (χ3n) is 5.12. The SMILES string of the molecule is CN1C2CCC1CC(c1noc(-c3cnn(C)c3N)n1)C2. The Balaban J connectivity index is 1.59. The van der Waals surface area contributed by atoms with Crippen molar-refractivity contribution in [2.24, 2.45) is 7.05 Å². The summed E-state index contributed by atoms with van der Waals surface area (Å²) in [5.41, 5.74) is 6.68. The van der Waals surface area contributed by atoms with Crippen LogP contribution in [-0.2, 0) is 7.05 Å². The quantitative estimate of drug-likeness (QED) is 0.898. The first-order valence-corrected chi connectivity index (χ1v) is 7.47. The molecule has 4 rings (SSSR count). The van der Waals surface area contributed by atoms with Gasteiger partial charge < -0.3 is 15.2 Å². The van der Waals surface area contributed by atoms with Gasteiger partial charge in [-0.3, -0.25) is 4.68 Å². The van der Waals surface area contributed by atoms with Crippen LogP contribution in [0.15, 0.2) is 10.7 Å². The van der Waals surface area contributed by atoms with Gasteiger partial charge in [-0.25, -0.2) is 0 Å².